The predicted molar refractivity (Wildman–Crippen MR) is 73.2 cm³/mol. The molecule has 5 heteroatoms. The van der Waals surface area contributed by atoms with Crippen LogP contribution in [-0.4, -0.2) is 30.7 Å². The van der Waals surface area contributed by atoms with Crippen LogP contribution >= 0.6 is 15.9 Å². The van der Waals surface area contributed by atoms with Gasteiger partial charge in [-0.15, -0.1) is 0 Å². The highest BCUT2D eigenvalue weighted by Gasteiger charge is 2.32. The highest BCUT2D eigenvalue weighted by molar-refractivity contribution is 9.10. The zero-order valence-electron chi connectivity index (χ0n) is 10.2. The lowest BCUT2D eigenvalue weighted by Gasteiger charge is -2.42. The number of nitrogens with one attached hydrogen (secondary N) is 1. The first-order valence-corrected chi connectivity index (χ1v) is 7.33. The molecular formula is C13H17BrFN3. The molecule has 98 valence electrons. The van der Waals surface area contributed by atoms with E-state index >= 15 is 0 Å². The molecule has 0 saturated carbocycles. The van der Waals surface area contributed by atoms with Gasteiger partial charge in [-0.1, -0.05) is 0 Å². The highest BCUT2D eigenvalue weighted by Crippen LogP contribution is 2.29. The highest BCUT2D eigenvalue weighted by atomic mass is 79.9. The van der Waals surface area contributed by atoms with E-state index in [9.17, 15) is 4.39 Å². The van der Waals surface area contributed by atoms with Crippen LogP contribution < -0.4 is 10.2 Å². The van der Waals surface area contributed by atoms with Crippen molar-refractivity contribution in [1.29, 1.82) is 0 Å². The van der Waals surface area contributed by atoms with E-state index in [1.165, 1.54) is 18.9 Å². The second-order valence-corrected chi connectivity index (χ2v) is 6.07. The number of fused-ring (bicyclic) bond motifs is 1. The number of anilines is 1. The summed E-state index contributed by atoms with van der Waals surface area (Å²) in [6, 6.07) is 2.11. The smallest absolute Gasteiger partial charge is 0.166 e. The topological polar surface area (TPSA) is 28.2 Å². The van der Waals surface area contributed by atoms with Crippen molar-refractivity contribution in [3.05, 3.63) is 22.6 Å². The number of piperidine rings is 2. The molecule has 2 fully saturated rings. The number of nitrogens with zero attached hydrogens (tertiary/aromatic N) is 2. The summed E-state index contributed by atoms with van der Waals surface area (Å²) in [5, 5.41) is 3.57. The van der Waals surface area contributed by atoms with E-state index in [-0.39, 0.29) is 5.82 Å². The molecule has 2 aliphatic rings. The Kier molecular flexibility index (Phi) is 3.52. The van der Waals surface area contributed by atoms with E-state index in [4.69, 9.17) is 0 Å². The lowest BCUT2D eigenvalue weighted by Crippen LogP contribution is -2.52. The van der Waals surface area contributed by atoms with Crippen molar-refractivity contribution < 1.29 is 4.39 Å². The molecule has 2 atom stereocenters. The summed E-state index contributed by atoms with van der Waals surface area (Å²) in [5.74, 6) is 0.908. The lowest BCUT2D eigenvalue weighted by molar-refractivity contribution is 0.243. The van der Waals surface area contributed by atoms with Gasteiger partial charge in [-0.25, -0.2) is 9.37 Å². The maximum absolute atomic E-state index is 13.9. The maximum atomic E-state index is 13.9. The first kappa shape index (κ1) is 12.4. The molecule has 2 unspecified atom stereocenters. The number of aromatic nitrogens is 1. The number of hydrogen-bond donors (Lipinski definition) is 1. The van der Waals surface area contributed by atoms with Crippen LogP contribution in [0, 0.1) is 11.7 Å². The van der Waals surface area contributed by atoms with E-state index in [1.807, 2.05) is 0 Å². The minimum Gasteiger partial charge on any atom is -0.354 e. The van der Waals surface area contributed by atoms with Crippen LogP contribution in [0.1, 0.15) is 19.3 Å². The summed E-state index contributed by atoms with van der Waals surface area (Å²) < 4.78 is 14.6. The van der Waals surface area contributed by atoms with Crippen molar-refractivity contribution in [2.24, 2.45) is 5.92 Å². The Hall–Kier alpha value is -0.680. The van der Waals surface area contributed by atoms with Crippen LogP contribution in [0.4, 0.5) is 10.2 Å². The van der Waals surface area contributed by atoms with Crippen LogP contribution in [0.2, 0.25) is 0 Å². The van der Waals surface area contributed by atoms with E-state index in [1.54, 1.807) is 6.20 Å². The number of hydrogen-bond acceptors (Lipinski definition) is 3. The fourth-order valence-electron chi connectivity index (χ4n) is 3.08. The van der Waals surface area contributed by atoms with E-state index in [2.05, 4.69) is 31.1 Å². The van der Waals surface area contributed by atoms with Gasteiger partial charge in [0.15, 0.2) is 11.6 Å². The maximum Gasteiger partial charge on any atom is 0.166 e. The molecule has 3 nitrogen and oxygen atoms in total. The van der Waals surface area contributed by atoms with Crippen molar-refractivity contribution in [1.82, 2.24) is 10.3 Å². The third kappa shape index (κ3) is 2.38. The number of pyridine rings is 1. The lowest BCUT2D eigenvalue weighted by atomic mass is 9.85. The third-order valence-electron chi connectivity index (χ3n) is 3.98. The standard InChI is InChI=1S/C13H17BrFN3/c14-10-6-11(15)13(17-7-10)18-5-3-12-9(8-18)2-1-4-16-12/h6-7,9,12,16H,1-5,8H2. The van der Waals surface area contributed by atoms with Gasteiger partial charge in [-0.3, -0.25) is 0 Å². The average molecular weight is 314 g/mol. The summed E-state index contributed by atoms with van der Waals surface area (Å²) >= 11 is 3.24. The van der Waals surface area contributed by atoms with Gasteiger partial charge in [0.25, 0.3) is 0 Å². The Balaban J connectivity index is 1.77. The fraction of sp³-hybridized carbons (Fsp3) is 0.615. The first-order chi connectivity index (χ1) is 8.74. The molecule has 1 N–H and O–H groups in total. The molecule has 0 spiro atoms. The van der Waals surface area contributed by atoms with E-state index in [0.29, 0.717) is 22.3 Å². The molecule has 3 heterocycles. The summed E-state index contributed by atoms with van der Waals surface area (Å²) in [6.07, 6.45) is 5.23. The molecule has 0 radical (unpaired) electrons. The van der Waals surface area contributed by atoms with Crippen LogP contribution in [0.15, 0.2) is 16.7 Å². The number of rotatable bonds is 1. The van der Waals surface area contributed by atoms with Crippen molar-refractivity contribution in [2.75, 3.05) is 24.5 Å². The second kappa shape index (κ2) is 5.13. The predicted octanol–water partition coefficient (Wildman–Crippen LogP) is 2.56. The van der Waals surface area contributed by atoms with Crippen LogP contribution in [0.3, 0.4) is 0 Å². The SMILES string of the molecule is Fc1cc(Br)cnc1N1CCC2NCCCC2C1. The molecule has 2 aliphatic heterocycles. The Labute approximate surface area is 115 Å². The Morgan fingerprint density at radius 1 is 1.44 bits per heavy atom. The summed E-state index contributed by atoms with van der Waals surface area (Å²) in [5.41, 5.74) is 0. The van der Waals surface area contributed by atoms with Gasteiger partial charge in [0.2, 0.25) is 0 Å². The molecule has 18 heavy (non-hydrogen) atoms. The third-order valence-corrected chi connectivity index (χ3v) is 4.41. The molecule has 0 aliphatic carbocycles. The van der Waals surface area contributed by atoms with Gasteiger partial charge in [-0.05, 0) is 53.7 Å². The monoisotopic (exact) mass is 313 g/mol. The number of halogens is 2. The zero-order chi connectivity index (χ0) is 12.5. The molecule has 1 aromatic rings. The van der Waals surface area contributed by atoms with Crippen molar-refractivity contribution in [3.8, 4) is 0 Å². The first-order valence-electron chi connectivity index (χ1n) is 6.53. The summed E-state index contributed by atoms with van der Waals surface area (Å²) in [4.78, 5) is 6.32. The van der Waals surface area contributed by atoms with Crippen LogP contribution in [0.5, 0.6) is 0 Å². The van der Waals surface area contributed by atoms with Crippen molar-refractivity contribution in [3.63, 3.8) is 0 Å². The Morgan fingerprint density at radius 3 is 3.17 bits per heavy atom. The fourth-order valence-corrected chi connectivity index (χ4v) is 3.38. The normalized spacial score (nSPS) is 28.0. The molecule has 0 amide bonds. The molecule has 1 aromatic heterocycles. The van der Waals surface area contributed by atoms with Gasteiger partial charge < -0.3 is 10.2 Å². The molecule has 0 aromatic carbocycles. The molecule has 2 saturated heterocycles. The van der Waals surface area contributed by atoms with Gasteiger partial charge in [0, 0.05) is 29.8 Å². The van der Waals surface area contributed by atoms with Crippen molar-refractivity contribution >= 4 is 21.7 Å². The summed E-state index contributed by atoms with van der Waals surface area (Å²) in [7, 11) is 0. The van der Waals surface area contributed by atoms with Crippen LogP contribution in [-0.2, 0) is 0 Å². The zero-order valence-corrected chi connectivity index (χ0v) is 11.8. The second-order valence-electron chi connectivity index (χ2n) is 5.16. The van der Waals surface area contributed by atoms with E-state index in [0.717, 1.165) is 26.1 Å². The Bertz CT molecular complexity index is 440. The largest absolute Gasteiger partial charge is 0.354 e. The van der Waals surface area contributed by atoms with Gasteiger partial charge in [0.05, 0.1) is 0 Å². The van der Waals surface area contributed by atoms with Crippen molar-refractivity contribution in [2.45, 2.75) is 25.3 Å². The molecule has 3 rings (SSSR count). The summed E-state index contributed by atoms with van der Waals surface area (Å²) in [6.45, 7) is 2.94. The van der Waals surface area contributed by atoms with Gasteiger partial charge in [-0.2, -0.15) is 0 Å². The minimum absolute atomic E-state index is 0.230. The van der Waals surface area contributed by atoms with E-state index < -0.39 is 0 Å². The Morgan fingerprint density at radius 2 is 2.33 bits per heavy atom. The van der Waals surface area contributed by atoms with Gasteiger partial charge >= 0.3 is 0 Å². The molecule has 0 bridgehead atoms. The van der Waals surface area contributed by atoms with Crippen LogP contribution in [0.25, 0.3) is 0 Å². The average Bonchev–Trinajstić information content (AvgIpc) is 2.38. The van der Waals surface area contributed by atoms with Gasteiger partial charge in [0.1, 0.15) is 0 Å². The molecular weight excluding hydrogens is 297 g/mol. The minimum atomic E-state index is -0.230. The quantitative estimate of drug-likeness (QED) is 0.863.